The molecule has 5 heteroatoms. The van der Waals surface area contributed by atoms with Crippen molar-refractivity contribution in [2.45, 2.75) is 37.8 Å². The summed E-state index contributed by atoms with van der Waals surface area (Å²) in [5.74, 6) is 0.219. The number of amides is 1. The van der Waals surface area contributed by atoms with Gasteiger partial charge < -0.3 is 5.32 Å². The average molecular weight is 324 g/mol. The zero-order chi connectivity index (χ0) is 16.6. The third-order valence-electron chi connectivity index (χ3n) is 5.44. The summed E-state index contributed by atoms with van der Waals surface area (Å²) in [4.78, 5) is 15.0. The second kappa shape index (κ2) is 6.06. The Morgan fingerprint density at radius 1 is 1.21 bits per heavy atom. The number of hydrogen-bond acceptors (Lipinski definition) is 3. The maximum absolute atomic E-state index is 12.6. The molecule has 5 nitrogen and oxygen atoms in total. The maximum Gasteiger partial charge on any atom is 0.240 e. The number of rotatable bonds is 3. The Hall–Kier alpha value is -2.14. The number of aryl methyl sites for hydroxylation is 1. The van der Waals surface area contributed by atoms with E-state index in [0.717, 1.165) is 56.6 Å². The lowest BCUT2D eigenvalue weighted by Crippen LogP contribution is -2.63. The summed E-state index contributed by atoms with van der Waals surface area (Å²) in [7, 11) is 1.96. The average Bonchev–Trinajstić information content (AvgIpc) is 3.21. The van der Waals surface area contributed by atoms with Crippen LogP contribution >= 0.6 is 0 Å². The third-order valence-corrected chi connectivity index (χ3v) is 5.44. The highest BCUT2D eigenvalue weighted by molar-refractivity contribution is 5.87. The lowest BCUT2D eigenvalue weighted by atomic mass is 9.91. The van der Waals surface area contributed by atoms with E-state index in [9.17, 15) is 4.79 Å². The van der Waals surface area contributed by atoms with Crippen LogP contribution in [0.25, 0.3) is 11.3 Å². The van der Waals surface area contributed by atoms with E-state index in [1.165, 1.54) is 5.56 Å². The van der Waals surface area contributed by atoms with Crippen LogP contribution in [0.2, 0.25) is 0 Å². The van der Waals surface area contributed by atoms with E-state index in [0.29, 0.717) is 0 Å². The van der Waals surface area contributed by atoms with E-state index in [4.69, 9.17) is 0 Å². The molecule has 24 heavy (non-hydrogen) atoms. The first kappa shape index (κ1) is 15.4. The first-order valence-electron chi connectivity index (χ1n) is 8.80. The van der Waals surface area contributed by atoms with Crippen molar-refractivity contribution in [1.82, 2.24) is 20.0 Å². The Labute approximate surface area is 142 Å². The molecule has 1 saturated heterocycles. The van der Waals surface area contributed by atoms with Crippen LogP contribution in [0, 0.1) is 0 Å². The topological polar surface area (TPSA) is 50.2 Å². The van der Waals surface area contributed by atoms with Gasteiger partial charge >= 0.3 is 0 Å². The summed E-state index contributed by atoms with van der Waals surface area (Å²) in [5, 5.41) is 7.75. The molecule has 2 fully saturated rings. The number of piperazine rings is 1. The van der Waals surface area contributed by atoms with Gasteiger partial charge in [-0.05, 0) is 12.8 Å². The van der Waals surface area contributed by atoms with Crippen LogP contribution in [0.3, 0.4) is 0 Å². The van der Waals surface area contributed by atoms with Gasteiger partial charge in [0.1, 0.15) is 5.54 Å². The summed E-state index contributed by atoms with van der Waals surface area (Å²) in [5.41, 5.74) is 3.05. The van der Waals surface area contributed by atoms with Crippen molar-refractivity contribution in [1.29, 1.82) is 0 Å². The quantitative estimate of drug-likeness (QED) is 0.943. The number of carbonyl (C=O) groups is 1. The van der Waals surface area contributed by atoms with Crippen molar-refractivity contribution in [3.8, 4) is 11.3 Å². The lowest BCUT2D eigenvalue weighted by molar-refractivity contribution is -0.137. The van der Waals surface area contributed by atoms with E-state index in [1.54, 1.807) is 0 Å². The first-order valence-corrected chi connectivity index (χ1v) is 8.80. The highest BCUT2D eigenvalue weighted by Gasteiger charge is 2.48. The van der Waals surface area contributed by atoms with Crippen molar-refractivity contribution in [2.75, 3.05) is 13.1 Å². The van der Waals surface area contributed by atoms with Gasteiger partial charge in [0.2, 0.25) is 5.91 Å². The fourth-order valence-electron chi connectivity index (χ4n) is 4.26. The van der Waals surface area contributed by atoms with Crippen LogP contribution in [0.4, 0.5) is 0 Å². The minimum absolute atomic E-state index is 0.219. The molecule has 1 amide bonds. The molecule has 1 aromatic carbocycles. The molecule has 1 aliphatic heterocycles. The Bertz CT molecular complexity index is 731. The molecule has 0 radical (unpaired) electrons. The van der Waals surface area contributed by atoms with Crippen molar-refractivity contribution < 1.29 is 4.79 Å². The largest absolute Gasteiger partial charge is 0.353 e. The molecule has 1 saturated carbocycles. The van der Waals surface area contributed by atoms with Gasteiger partial charge in [0.05, 0.1) is 5.69 Å². The molecule has 2 aromatic rings. The molecule has 1 N–H and O–H groups in total. The minimum atomic E-state index is -0.304. The van der Waals surface area contributed by atoms with Crippen molar-refractivity contribution in [2.24, 2.45) is 7.05 Å². The number of benzene rings is 1. The third kappa shape index (κ3) is 2.53. The van der Waals surface area contributed by atoms with E-state index in [-0.39, 0.29) is 11.4 Å². The monoisotopic (exact) mass is 324 g/mol. The molecule has 4 rings (SSSR count). The van der Waals surface area contributed by atoms with Crippen LogP contribution < -0.4 is 5.32 Å². The van der Waals surface area contributed by atoms with E-state index < -0.39 is 0 Å². The normalized spacial score (nSPS) is 20.5. The number of carbonyl (C=O) groups excluding carboxylic acids is 1. The van der Waals surface area contributed by atoms with E-state index in [1.807, 2.05) is 29.9 Å². The summed E-state index contributed by atoms with van der Waals surface area (Å²) in [6.45, 7) is 2.43. The molecule has 2 aliphatic rings. The lowest BCUT2D eigenvalue weighted by Gasteiger charge is -2.43. The van der Waals surface area contributed by atoms with E-state index >= 15 is 0 Å². The second-order valence-corrected chi connectivity index (χ2v) is 6.96. The predicted molar refractivity (Wildman–Crippen MR) is 93.3 cm³/mol. The smallest absolute Gasteiger partial charge is 0.240 e. The van der Waals surface area contributed by atoms with Gasteiger partial charge in [-0.25, -0.2) is 0 Å². The molecule has 0 bridgehead atoms. The number of aromatic nitrogens is 2. The Balaban J connectivity index is 1.67. The van der Waals surface area contributed by atoms with Crippen LogP contribution in [-0.2, 0) is 18.4 Å². The Morgan fingerprint density at radius 3 is 2.71 bits per heavy atom. The van der Waals surface area contributed by atoms with Crippen LogP contribution in [0.15, 0.2) is 36.5 Å². The van der Waals surface area contributed by atoms with Crippen LogP contribution in [-0.4, -0.2) is 39.2 Å². The maximum atomic E-state index is 12.6. The fourth-order valence-corrected chi connectivity index (χ4v) is 4.26. The Morgan fingerprint density at radius 2 is 1.96 bits per heavy atom. The highest BCUT2D eigenvalue weighted by Crippen LogP contribution is 2.38. The molecule has 1 aromatic heterocycles. The van der Waals surface area contributed by atoms with Gasteiger partial charge in [0.15, 0.2) is 0 Å². The Kier molecular flexibility index (Phi) is 3.88. The van der Waals surface area contributed by atoms with Gasteiger partial charge in [0, 0.05) is 44.0 Å². The van der Waals surface area contributed by atoms with Gasteiger partial charge in [-0.3, -0.25) is 14.4 Å². The van der Waals surface area contributed by atoms with Gasteiger partial charge in [-0.2, -0.15) is 5.10 Å². The van der Waals surface area contributed by atoms with Crippen molar-refractivity contribution in [3.63, 3.8) is 0 Å². The molecule has 2 heterocycles. The summed E-state index contributed by atoms with van der Waals surface area (Å²) in [6, 6.07) is 10.3. The SMILES string of the molecule is Cn1cc(CN2CCNC(=O)C23CCCC3)c(-c2ccccc2)n1. The molecule has 0 atom stereocenters. The first-order chi connectivity index (χ1) is 11.7. The van der Waals surface area contributed by atoms with Crippen LogP contribution in [0.5, 0.6) is 0 Å². The molecule has 126 valence electrons. The van der Waals surface area contributed by atoms with Gasteiger partial charge in [-0.1, -0.05) is 43.2 Å². The molecular formula is C19H24N4O. The summed E-state index contributed by atoms with van der Waals surface area (Å²) >= 11 is 0. The summed E-state index contributed by atoms with van der Waals surface area (Å²) in [6.07, 6.45) is 6.32. The van der Waals surface area contributed by atoms with Crippen LogP contribution in [0.1, 0.15) is 31.2 Å². The summed E-state index contributed by atoms with van der Waals surface area (Å²) < 4.78 is 1.88. The van der Waals surface area contributed by atoms with Gasteiger partial charge in [-0.15, -0.1) is 0 Å². The zero-order valence-corrected chi connectivity index (χ0v) is 14.2. The molecule has 1 spiro atoms. The highest BCUT2D eigenvalue weighted by atomic mass is 16.2. The van der Waals surface area contributed by atoms with Gasteiger partial charge in [0.25, 0.3) is 0 Å². The van der Waals surface area contributed by atoms with E-state index in [2.05, 4.69) is 33.6 Å². The fraction of sp³-hybridized carbons (Fsp3) is 0.474. The number of nitrogens with zero attached hydrogens (tertiary/aromatic N) is 3. The number of nitrogens with one attached hydrogen (secondary N) is 1. The minimum Gasteiger partial charge on any atom is -0.353 e. The zero-order valence-electron chi connectivity index (χ0n) is 14.2. The second-order valence-electron chi connectivity index (χ2n) is 6.96. The van der Waals surface area contributed by atoms with Crippen molar-refractivity contribution in [3.05, 3.63) is 42.1 Å². The molecule has 1 aliphatic carbocycles. The molecular weight excluding hydrogens is 300 g/mol. The predicted octanol–water partition coefficient (Wildman–Crippen LogP) is 2.33. The number of hydrogen-bond donors (Lipinski definition) is 1. The van der Waals surface area contributed by atoms with Crippen molar-refractivity contribution >= 4 is 5.91 Å². The molecule has 0 unspecified atom stereocenters. The standard InChI is InChI=1S/C19H24N4O/c1-22-13-16(17(21-22)15-7-3-2-4-8-15)14-23-12-11-20-18(24)19(23)9-5-6-10-19/h2-4,7-8,13H,5-6,9-12,14H2,1H3,(H,20,24).